The molecule has 2 fully saturated rings. The van der Waals surface area contributed by atoms with E-state index in [-0.39, 0.29) is 5.41 Å². The molecule has 1 atom stereocenters. The fourth-order valence-electron chi connectivity index (χ4n) is 2.87. The molecule has 0 saturated heterocycles. The Labute approximate surface area is 107 Å². The van der Waals surface area contributed by atoms with Gasteiger partial charge in [-0.15, -0.1) is 0 Å². The van der Waals surface area contributed by atoms with E-state index in [1.54, 1.807) is 0 Å². The number of alkyl halides is 1. The van der Waals surface area contributed by atoms with Crippen molar-refractivity contribution in [1.29, 1.82) is 0 Å². The second-order valence-corrected chi connectivity index (χ2v) is 6.70. The highest BCUT2D eigenvalue weighted by molar-refractivity contribution is 9.09. The van der Waals surface area contributed by atoms with Crippen LogP contribution in [0.25, 0.3) is 0 Å². The van der Waals surface area contributed by atoms with Gasteiger partial charge in [-0.1, -0.05) is 42.6 Å². The van der Waals surface area contributed by atoms with Crippen LogP contribution in [0.3, 0.4) is 0 Å². The molecular formula is C13H22BrNO. The van der Waals surface area contributed by atoms with Crippen molar-refractivity contribution >= 4 is 21.8 Å². The van der Waals surface area contributed by atoms with Crippen molar-refractivity contribution in [3.63, 3.8) is 0 Å². The Balaban J connectivity index is 1.98. The molecule has 0 aromatic heterocycles. The molecule has 2 aliphatic rings. The first-order chi connectivity index (χ1) is 7.56. The molecule has 2 rings (SSSR count). The van der Waals surface area contributed by atoms with Crippen LogP contribution in [-0.2, 0) is 4.79 Å². The van der Waals surface area contributed by atoms with E-state index in [2.05, 4.69) is 34.7 Å². The predicted octanol–water partition coefficient (Wildman–Crippen LogP) is 3.20. The lowest BCUT2D eigenvalue weighted by Crippen LogP contribution is -2.41. The molecule has 92 valence electrons. The van der Waals surface area contributed by atoms with Crippen molar-refractivity contribution in [2.24, 2.45) is 11.3 Å². The second kappa shape index (κ2) is 4.67. The molecule has 2 nitrogen and oxygen atoms in total. The van der Waals surface area contributed by atoms with Gasteiger partial charge in [0.2, 0.25) is 5.91 Å². The van der Waals surface area contributed by atoms with E-state index < -0.39 is 0 Å². The fourth-order valence-corrected chi connectivity index (χ4v) is 3.25. The van der Waals surface area contributed by atoms with Gasteiger partial charge < -0.3 is 4.90 Å². The second-order valence-electron chi connectivity index (χ2n) is 5.90. The van der Waals surface area contributed by atoms with Gasteiger partial charge in [-0.2, -0.15) is 0 Å². The average Bonchev–Trinajstić information content (AvgIpc) is 2.70. The summed E-state index contributed by atoms with van der Waals surface area (Å²) in [5.41, 5.74) is 0.264. The van der Waals surface area contributed by atoms with Crippen molar-refractivity contribution in [3.05, 3.63) is 0 Å². The van der Waals surface area contributed by atoms with E-state index in [0.717, 1.165) is 18.3 Å². The highest BCUT2D eigenvalue weighted by atomic mass is 79.9. The molecule has 2 aliphatic carbocycles. The molecule has 3 heteroatoms. The maximum Gasteiger partial charge on any atom is 0.226 e. The van der Waals surface area contributed by atoms with Crippen LogP contribution < -0.4 is 0 Å². The van der Waals surface area contributed by atoms with E-state index >= 15 is 0 Å². The first-order valence-electron chi connectivity index (χ1n) is 6.43. The third kappa shape index (κ3) is 2.44. The molecule has 0 N–H and O–H groups in total. The lowest BCUT2D eigenvalue weighted by molar-refractivity contribution is -0.135. The monoisotopic (exact) mass is 287 g/mol. The Bertz CT molecular complexity index is 271. The Morgan fingerprint density at radius 1 is 1.38 bits per heavy atom. The first-order valence-corrected chi connectivity index (χ1v) is 7.55. The van der Waals surface area contributed by atoms with Crippen LogP contribution in [-0.4, -0.2) is 28.7 Å². The van der Waals surface area contributed by atoms with Crippen LogP contribution >= 0.6 is 15.9 Å². The third-order valence-corrected chi connectivity index (χ3v) is 4.54. The van der Waals surface area contributed by atoms with E-state index in [1.165, 1.54) is 25.7 Å². The summed E-state index contributed by atoms with van der Waals surface area (Å²) in [6, 6.07) is 0.529. The number of halogens is 1. The van der Waals surface area contributed by atoms with Crippen molar-refractivity contribution in [2.75, 3.05) is 11.9 Å². The first kappa shape index (κ1) is 12.4. The number of hydrogen-bond donors (Lipinski definition) is 0. The zero-order chi connectivity index (χ0) is 11.8. The minimum absolute atomic E-state index is 0.264. The van der Waals surface area contributed by atoms with Gasteiger partial charge in [0.05, 0.1) is 0 Å². The molecule has 1 amide bonds. The van der Waals surface area contributed by atoms with Gasteiger partial charge in [-0.25, -0.2) is 0 Å². The van der Waals surface area contributed by atoms with Crippen LogP contribution in [0, 0.1) is 11.3 Å². The highest BCUT2D eigenvalue weighted by Gasteiger charge is 2.52. The van der Waals surface area contributed by atoms with E-state index in [1.807, 2.05) is 0 Å². The molecule has 1 unspecified atom stereocenters. The van der Waals surface area contributed by atoms with Gasteiger partial charge in [0.25, 0.3) is 0 Å². The molecule has 0 aromatic rings. The fraction of sp³-hybridized carbons (Fsp3) is 0.923. The summed E-state index contributed by atoms with van der Waals surface area (Å²) in [5, 5.41) is 0.905. The highest BCUT2D eigenvalue weighted by Crippen LogP contribution is 2.52. The van der Waals surface area contributed by atoms with Crippen molar-refractivity contribution in [3.8, 4) is 0 Å². The van der Waals surface area contributed by atoms with Gasteiger partial charge in [0.15, 0.2) is 0 Å². The summed E-state index contributed by atoms with van der Waals surface area (Å²) >= 11 is 3.47. The Kier molecular flexibility index (Phi) is 3.62. The average molecular weight is 288 g/mol. The molecule has 2 saturated carbocycles. The maximum atomic E-state index is 12.4. The topological polar surface area (TPSA) is 20.3 Å². The number of nitrogens with zero attached hydrogens (tertiary/aromatic N) is 1. The standard InChI is InChI=1S/C13H22BrNO/c1-13(2)9-11(13)12(16)15(8-7-14)10-5-3-4-6-10/h10-11H,3-9H2,1-2H3. The van der Waals surface area contributed by atoms with Crippen molar-refractivity contribution < 1.29 is 4.79 Å². The van der Waals surface area contributed by atoms with Crippen molar-refractivity contribution in [2.45, 2.75) is 52.0 Å². The van der Waals surface area contributed by atoms with Crippen LogP contribution in [0.5, 0.6) is 0 Å². The summed E-state index contributed by atoms with van der Waals surface area (Å²) in [5.74, 6) is 0.712. The summed E-state index contributed by atoms with van der Waals surface area (Å²) in [7, 11) is 0. The van der Waals surface area contributed by atoms with Crippen LogP contribution in [0.2, 0.25) is 0 Å². The predicted molar refractivity (Wildman–Crippen MR) is 69.7 cm³/mol. The normalized spacial score (nSPS) is 28.1. The van der Waals surface area contributed by atoms with Crippen LogP contribution in [0.1, 0.15) is 46.0 Å². The minimum atomic E-state index is 0.264. The molecule has 0 aromatic carbocycles. The number of carbonyl (C=O) groups is 1. The molecule has 16 heavy (non-hydrogen) atoms. The Hall–Kier alpha value is -0.0500. The number of rotatable bonds is 4. The Morgan fingerprint density at radius 2 is 1.94 bits per heavy atom. The quantitative estimate of drug-likeness (QED) is 0.727. The van der Waals surface area contributed by atoms with Gasteiger partial charge in [0, 0.05) is 23.8 Å². The number of carbonyl (C=O) groups excluding carboxylic acids is 1. The molecule has 0 bridgehead atoms. The summed E-state index contributed by atoms with van der Waals surface area (Å²) in [6.45, 7) is 5.29. The third-order valence-electron chi connectivity index (χ3n) is 4.19. The van der Waals surface area contributed by atoms with Gasteiger partial charge in [-0.05, 0) is 24.7 Å². The summed E-state index contributed by atoms with van der Waals surface area (Å²) in [6.07, 6.45) is 6.10. The largest absolute Gasteiger partial charge is 0.339 e. The minimum Gasteiger partial charge on any atom is -0.339 e. The summed E-state index contributed by atoms with van der Waals surface area (Å²) < 4.78 is 0. The lowest BCUT2D eigenvalue weighted by atomic mass is 10.1. The summed E-state index contributed by atoms with van der Waals surface area (Å²) in [4.78, 5) is 14.6. The molecule has 0 heterocycles. The maximum absolute atomic E-state index is 12.4. The smallest absolute Gasteiger partial charge is 0.226 e. The van der Waals surface area contributed by atoms with E-state index in [4.69, 9.17) is 0 Å². The van der Waals surface area contributed by atoms with Crippen molar-refractivity contribution in [1.82, 2.24) is 4.90 Å². The number of hydrogen-bond acceptors (Lipinski definition) is 1. The van der Waals surface area contributed by atoms with Crippen LogP contribution in [0.4, 0.5) is 0 Å². The SMILES string of the molecule is CC1(C)CC1C(=O)N(CCBr)C1CCCC1. The van der Waals surface area contributed by atoms with Gasteiger partial charge >= 0.3 is 0 Å². The lowest BCUT2D eigenvalue weighted by Gasteiger charge is -2.29. The Morgan fingerprint density at radius 3 is 2.38 bits per heavy atom. The number of amides is 1. The van der Waals surface area contributed by atoms with E-state index in [0.29, 0.717) is 17.9 Å². The molecular weight excluding hydrogens is 266 g/mol. The molecule has 0 spiro atoms. The van der Waals surface area contributed by atoms with E-state index in [9.17, 15) is 4.79 Å². The zero-order valence-corrected chi connectivity index (χ0v) is 11.9. The van der Waals surface area contributed by atoms with Crippen LogP contribution in [0.15, 0.2) is 0 Å². The molecule has 0 radical (unpaired) electrons. The van der Waals surface area contributed by atoms with Gasteiger partial charge in [-0.3, -0.25) is 4.79 Å². The zero-order valence-electron chi connectivity index (χ0n) is 10.3. The molecule has 0 aliphatic heterocycles. The van der Waals surface area contributed by atoms with Gasteiger partial charge in [0.1, 0.15) is 0 Å².